The molecule has 0 aliphatic carbocycles. The maximum Gasteiger partial charge on any atom is 0.141 e. The SMILES string of the molecule is NC(CCc1ccccn1)c1cncc(F)c1. The smallest absolute Gasteiger partial charge is 0.141 e. The summed E-state index contributed by atoms with van der Waals surface area (Å²) in [6.07, 6.45) is 6.03. The van der Waals surface area contributed by atoms with E-state index < -0.39 is 0 Å². The molecule has 0 saturated heterocycles. The van der Waals surface area contributed by atoms with Crippen LogP contribution in [0, 0.1) is 5.82 Å². The molecule has 1 unspecified atom stereocenters. The number of hydrogen-bond acceptors (Lipinski definition) is 3. The Labute approximate surface area is 99.5 Å². The summed E-state index contributed by atoms with van der Waals surface area (Å²) in [5, 5.41) is 0. The Balaban J connectivity index is 1.96. The third-order valence-corrected chi connectivity index (χ3v) is 2.59. The fraction of sp³-hybridized carbons (Fsp3) is 0.231. The van der Waals surface area contributed by atoms with Crippen molar-refractivity contribution in [2.45, 2.75) is 18.9 Å². The number of halogens is 1. The molecule has 2 rings (SSSR count). The Kier molecular flexibility index (Phi) is 3.77. The maximum absolute atomic E-state index is 13.0. The van der Waals surface area contributed by atoms with E-state index >= 15 is 0 Å². The van der Waals surface area contributed by atoms with Crippen molar-refractivity contribution in [1.29, 1.82) is 0 Å². The van der Waals surface area contributed by atoms with Gasteiger partial charge in [-0.2, -0.15) is 0 Å². The minimum absolute atomic E-state index is 0.208. The van der Waals surface area contributed by atoms with Gasteiger partial charge in [0.1, 0.15) is 5.82 Å². The first-order valence-corrected chi connectivity index (χ1v) is 5.51. The molecule has 88 valence electrons. The number of pyridine rings is 2. The lowest BCUT2D eigenvalue weighted by atomic mass is 10.0. The summed E-state index contributed by atoms with van der Waals surface area (Å²) in [5.41, 5.74) is 7.69. The maximum atomic E-state index is 13.0. The standard InChI is InChI=1S/C13H14FN3/c14-11-7-10(8-16-9-11)13(15)5-4-12-3-1-2-6-17-12/h1-3,6-9,13H,4-5,15H2. The Morgan fingerprint density at radius 1 is 1.29 bits per heavy atom. The van der Waals surface area contributed by atoms with Crippen LogP contribution in [-0.2, 0) is 6.42 Å². The number of aryl methyl sites for hydroxylation is 1. The quantitative estimate of drug-likeness (QED) is 0.878. The van der Waals surface area contributed by atoms with E-state index in [-0.39, 0.29) is 11.9 Å². The van der Waals surface area contributed by atoms with E-state index in [2.05, 4.69) is 9.97 Å². The zero-order valence-corrected chi connectivity index (χ0v) is 9.38. The van der Waals surface area contributed by atoms with Crippen molar-refractivity contribution >= 4 is 0 Å². The van der Waals surface area contributed by atoms with E-state index in [9.17, 15) is 4.39 Å². The summed E-state index contributed by atoms with van der Waals surface area (Å²) in [7, 11) is 0. The third kappa shape index (κ3) is 3.32. The van der Waals surface area contributed by atoms with Crippen molar-refractivity contribution in [2.75, 3.05) is 0 Å². The monoisotopic (exact) mass is 231 g/mol. The van der Waals surface area contributed by atoms with E-state index in [1.54, 1.807) is 12.4 Å². The molecule has 4 heteroatoms. The molecule has 0 spiro atoms. The second kappa shape index (κ2) is 5.50. The average Bonchev–Trinajstić information content (AvgIpc) is 2.37. The molecule has 0 fully saturated rings. The number of aromatic nitrogens is 2. The molecule has 3 nitrogen and oxygen atoms in total. The second-order valence-electron chi connectivity index (χ2n) is 3.90. The van der Waals surface area contributed by atoms with E-state index in [1.165, 1.54) is 12.3 Å². The average molecular weight is 231 g/mol. The first-order valence-electron chi connectivity index (χ1n) is 5.51. The molecule has 2 N–H and O–H groups in total. The van der Waals surface area contributed by atoms with Crippen molar-refractivity contribution in [2.24, 2.45) is 5.73 Å². The molecule has 2 aromatic rings. The number of rotatable bonds is 4. The Morgan fingerprint density at radius 3 is 2.88 bits per heavy atom. The molecule has 0 aliphatic rings. The van der Waals surface area contributed by atoms with Gasteiger partial charge in [0, 0.05) is 24.1 Å². The van der Waals surface area contributed by atoms with Crippen LogP contribution in [0.2, 0.25) is 0 Å². The summed E-state index contributed by atoms with van der Waals surface area (Å²) in [4.78, 5) is 8.01. The highest BCUT2D eigenvalue weighted by molar-refractivity contribution is 5.15. The van der Waals surface area contributed by atoms with Gasteiger partial charge in [0.25, 0.3) is 0 Å². The fourth-order valence-corrected chi connectivity index (χ4v) is 1.65. The van der Waals surface area contributed by atoms with Gasteiger partial charge in [-0.1, -0.05) is 6.07 Å². The minimum atomic E-state index is -0.351. The first kappa shape index (κ1) is 11.7. The molecular weight excluding hydrogens is 217 g/mol. The zero-order valence-electron chi connectivity index (χ0n) is 9.38. The highest BCUT2D eigenvalue weighted by atomic mass is 19.1. The van der Waals surface area contributed by atoms with Gasteiger partial charge >= 0.3 is 0 Å². The van der Waals surface area contributed by atoms with Gasteiger partial charge in [0.15, 0.2) is 0 Å². The van der Waals surface area contributed by atoms with Crippen molar-refractivity contribution in [3.63, 3.8) is 0 Å². The highest BCUT2D eigenvalue weighted by Crippen LogP contribution is 2.15. The van der Waals surface area contributed by atoms with Gasteiger partial charge in [0.2, 0.25) is 0 Å². The molecule has 1 atom stereocenters. The van der Waals surface area contributed by atoms with Gasteiger partial charge in [-0.25, -0.2) is 4.39 Å². The van der Waals surface area contributed by atoms with Crippen LogP contribution < -0.4 is 5.73 Å². The van der Waals surface area contributed by atoms with Crippen molar-refractivity contribution in [1.82, 2.24) is 9.97 Å². The van der Waals surface area contributed by atoms with Crippen LogP contribution in [0.4, 0.5) is 4.39 Å². The number of hydrogen-bond donors (Lipinski definition) is 1. The van der Waals surface area contributed by atoms with Gasteiger partial charge < -0.3 is 5.73 Å². The molecule has 17 heavy (non-hydrogen) atoms. The Morgan fingerprint density at radius 2 is 2.18 bits per heavy atom. The summed E-state index contributed by atoms with van der Waals surface area (Å²) >= 11 is 0. The van der Waals surface area contributed by atoms with Crippen LogP contribution in [-0.4, -0.2) is 9.97 Å². The topological polar surface area (TPSA) is 51.8 Å². The van der Waals surface area contributed by atoms with Gasteiger partial charge in [-0.15, -0.1) is 0 Å². The molecule has 2 aromatic heterocycles. The Hall–Kier alpha value is -1.81. The van der Waals surface area contributed by atoms with Crippen molar-refractivity contribution in [3.8, 4) is 0 Å². The van der Waals surface area contributed by atoms with Gasteiger partial charge in [0.05, 0.1) is 6.20 Å². The largest absolute Gasteiger partial charge is 0.324 e. The van der Waals surface area contributed by atoms with Crippen LogP contribution >= 0.6 is 0 Å². The van der Waals surface area contributed by atoms with Crippen LogP contribution in [0.1, 0.15) is 23.7 Å². The molecule has 0 aromatic carbocycles. The summed E-state index contributed by atoms with van der Waals surface area (Å²) in [6, 6.07) is 6.99. The van der Waals surface area contributed by atoms with E-state index in [1.807, 2.05) is 18.2 Å². The predicted molar refractivity (Wildman–Crippen MR) is 63.7 cm³/mol. The number of nitrogens with two attached hydrogens (primary N) is 1. The molecule has 0 aliphatic heterocycles. The normalized spacial score (nSPS) is 12.4. The summed E-state index contributed by atoms with van der Waals surface area (Å²) in [6.45, 7) is 0. The molecule has 0 amide bonds. The van der Waals surface area contributed by atoms with Crippen LogP contribution in [0.5, 0.6) is 0 Å². The molecule has 0 bridgehead atoms. The minimum Gasteiger partial charge on any atom is -0.324 e. The first-order chi connectivity index (χ1) is 8.25. The summed E-state index contributed by atoms with van der Waals surface area (Å²) < 4.78 is 13.0. The predicted octanol–water partition coefficient (Wildman–Crippen LogP) is 2.25. The van der Waals surface area contributed by atoms with Crippen LogP contribution in [0.25, 0.3) is 0 Å². The van der Waals surface area contributed by atoms with Crippen molar-refractivity contribution in [3.05, 3.63) is 59.9 Å². The molecular formula is C13H14FN3. The van der Waals surface area contributed by atoms with Crippen LogP contribution in [0.15, 0.2) is 42.9 Å². The van der Waals surface area contributed by atoms with Gasteiger partial charge in [-0.3, -0.25) is 9.97 Å². The molecule has 0 radical (unpaired) electrons. The molecule has 2 heterocycles. The second-order valence-corrected chi connectivity index (χ2v) is 3.90. The lowest BCUT2D eigenvalue weighted by Crippen LogP contribution is -2.12. The number of nitrogens with zero attached hydrogens (tertiary/aromatic N) is 2. The van der Waals surface area contributed by atoms with Crippen molar-refractivity contribution < 1.29 is 4.39 Å². The third-order valence-electron chi connectivity index (χ3n) is 2.59. The highest BCUT2D eigenvalue weighted by Gasteiger charge is 2.07. The Bertz CT molecular complexity index is 473. The lowest BCUT2D eigenvalue weighted by molar-refractivity contribution is 0.599. The fourth-order valence-electron chi connectivity index (χ4n) is 1.65. The van der Waals surface area contributed by atoms with Gasteiger partial charge in [-0.05, 0) is 36.6 Å². The van der Waals surface area contributed by atoms with E-state index in [4.69, 9.17) is 5.73 Å². The molecule has 0 saturated carbocycles. The van der Waals surface area contributed by atoms with Crippen LogP contribution in [0.3, 0.4) is 0 Å². The van der Waals surface area contributed by atoms with E-state index in [0.717, 1.165) is 24.1 Å². The van der Waals surface area contributed by atoms with E-state index in [0.29, 0.717) is 0 Å². The zero-order chi connectivity index (χ0) is 12.1. The summed E-state index contributed by atoms with van der Waals surface area (Å²) in [5.74, 6) is -0.351. The lowest BCUT2D eigenvalue weighted by Gasteiger charge is -2.11.